The lowest BCUT2D eigenvalue weighted by molar-refractivity contribution is 0.0922. The van der Waals surface area contributed by atoms with Gasteiger partial charge >= 0.3 is 0 Å². The van der Waals surface area contributed by atoms with E-state index in [-0.39, 0.29) is 16.8 Å². The molecule has 0 saturated heterocycles. The number of rotatable bonds is 5. The molecular formula is C20H22N2O3S. The van der Waals surface area contributed by atoms with E-state index in [9.17, 15) is 13.2 Å². The number of nitrogens with one attached hydrogen (secondary N) is 2. The fraction of sp³-hybridized carbons (Fsp3) is 0.350. The van der Waals surface area contributed by atoms with Gasteiger partial charge in [0.2, 0.25) is 0 Å². The fourth-order valence-corrected chi connectivity index (χ4v) is 5.30. The van der Waals surface area contributed by atoms with Crippen molar-refractivity contribution in [2.75, 3.05) is 4.72 Å². The van der Waals surface area contributed by atoms with Gasteiger partial charge < -0.3 is 5.32 Å². The molecule has 0 aliphatic heterocycles. The Morgan fingerprint density at radius 2 is 1.77 bits per heavy atom. The summed E-state index contributed by atoms with van der Waals surface area (Å²) in [5, 5.41) is 3.10. The Morgan fingerprint density at radius 3 is 2.46 bits per heavy atom. The molecule has 2 fully saturated rings. The Kier molecular flexibility index (Phi) is 4.44. The summed E-state index contributed by atoms with van der Waals surface area (Å²) in [4.78, 5) is 12.7. The Morgan fingerprint density at radius 1 is 0.962 bits per heavy atom. The van der Waals surface area contributed by atoms with E-state index in [1.807, 2.05) is 6.07 Å². The molecule has 2 saturated carbocycles. The highest BCUT2D eigenvalue weighted by atomic mass is 32.2. The molecule has 0 aromatic heterocycles. The summed E-state index contributed by atoms with van der Waals surface area (Å²) >= 11 is 0. The summed E-state index contributed by atoms with van der Waals surface area (Å²) in [6.07, 6.45) is 4.71. The van der Waals surface area contributed by atoms with E-state index in [1.165, 1.54) is 31.4 Å². The molecule has 2 bridgehead atoms. The molecule has 0 spiro atoms. The number of benzene rings is 2. The number of hydrogen-bond donors (Lipinski definition) is 2. The van der Waals surface area contributed by atoms with Gasteiger partial charge in [-0.05, 0) is 61.4 Å². The predicted molar refractivity (Wildman–Crippen MR) is 100 cm³/mol. The van der Waals surface area contributed by atoms with Gasteiger partial charge in [0.05, 0.1) is 4.90 Å². The fourth-order valence-electron chi connectivity index (χ4n) is 4.20. The largest absolute Gasteiger partial charge is 0.349 e. The summed E-state index contributed by atoms with van der Waals surface area (Å²) in [5.41, 5.74) is 0.869. The predicted octanol–water partition coefficient (Wildman–Crippen LogP) is 3.41. The van der Waals surface area contributed by atoms with Crippen LogP contribution in [0, 0.1) is 11.8 Å². The smallest absolute Gasteiger partial charge is 0.261 e. The summed E-state index contributed by atoms with van der Waals surface area (Å²) in [5.74, 6) is 1.13. The summed E-state index contributed by atoms with van der Waals surface area (Å²) in [7, 11) is -3.73. The molecule has 5 nitrogen and oxygen atoms in total. The maximum Gasteiger partial charge on any atom is 0.261 e. The summed E-state index contributed by atoms with van der Waals surface area (Å²) < 4.78 is 27.7. The van der Waals surface area contributed by atoms with Gasteiger partial charge in [-0.15, -0.1) is 0 Å². The first-order chi connectivity index (χ1) is 12.5. The van der Waals surface area contributed by atoms with Crippen LogP contribution >= 0.6 is 0 Å². The number of anilines is 1. The highest BCUT2D eigenvalue weighted by molar-refractivity contribution is 7.92. The normalized spacial score (nSPS) is 24.4. The minimum absolute atomic E-state index is 0.0851. The lowest BCUT2D eigenvalue weighted by Crippen LogP contribution is -2.38. The van der Waals surface area contributed by atoms with Crippen LogP contribution in [0.5, 0.6) is 0 Å². The molecule has 26 heavy (non-hydrogen) atoms. The molecule has 4 rings (SSSR count). The van der Waals surface area contributed by atoms with Crippen LogP contribution in [-0.2, 0) is 10.0 Å². The second-order valence-corrected chi connectivity index (χ2v) is 8.94. The van der Waals surface area contributed by atoms with Crippen molar-refractivity contribution in [3.05, 3.63) is 60.2 Å². The molecule has 2 aliphatic rings. The van der Waals surface area contributed by atoms with Crippen molar-refractivity contribution >= 4 is 21.6 Å². The van der Waals surface area contributed by atoms with E-state index in [0.717, 1.165) is 12.3 Å². The van der Waals surface area contributed by atoms with Crippen molar-refractivity contribution in [1.29, 1.82) is 0 Å². The third-order valence-electron chi connectivity index (χ3n) is 5.49. The zero-order valence-electron chi connectivity index (χ0n) is 14.4. The van der Waals surface area contributed by atoms with Crippen LogP contribution in [0.1, 0.15) is 36.0 Å². The Bertz CT molecular complexity index is 912. The standard InChI is InChI=1S/C20H22N2O3S/c23-20(21-19-12-14-9-10-15(19)11-14)16-5-4-8-18(13-16)26(24,25)22-17-6-2-1-3-7-17/h1-8,13-15,19,22H,9-12H2,(H,21,23)/t14-,15+,19-/m0/s1. The molecule has 0 unspecified atom stereocenters. The number of para-hydroxylation sites is 1. The van der Waals surface area contributed by atoms with Crippen LogP contribution in [0.2, 0.25) is 0 Å². The van der Waals surface area contributed by atoms with Crippen molar-refractivity contribution in [1.82, 2.24) is 5.32 Å². The molecule has 2 N–H and O–H groups in total. The van der Waals surface area contributed by atoms with E-state index >= 15 is 0 Å². The van der Waals surface area contributed by atoms with Crippen LogP contribution < -0.4 is 10.0 Å². The number of carbonyl (C=O) groups is 1. The van der Waals surface area contributed by atoms with Crippen LogP contribution in [-0.4, -0.2) is 20.4 Å². The second kappa shape index (κ2) is 6.76. The molecule has 2 aromatic carbocycles. The maximum atomic E-state index is 12.6. The Balaban J connectivity index is 1.50. The van der Waals surface area contributed by atoms with Crippen molar-refractivity contribution in [2.24, 2.45) is 11.8 Å². The molecule has 0 radical (unpaired) electrons. The van der Waals surface area contributed by atoms with Crippen LogP contribution in [0.25, 0.3) is 0 Å². The quantitative estimate of drug-likeness (QED) is 0.847. The lowest BCUT2D eigenvalue weighted by Gasteiger charge is -2.23. The molecule has 3 atom stereocenters. The molecule has 6 heteroatoms. The van der Waals surface area contributed by atoms with Gasteiger partial charge in [0.1, 0.15) is 0 Å². The minimum Gasteiger partial charge on any atom is -0.349 e. The monoisotopic (exact) mass is 370 g/mol. The van der Waals surface area contributed by atoms with Crippen molar-refractivity contribution in [3.63, 3.8) is 0 Å². The molecule has 0 heterocycles. The van der Waals surface area contributed by atoms with Crippen LogP contribution in [0.15, 0.2) is 59.5 Å². The summed E-state index contributed by atoms with van der Waals surface area (Å²) in [6, 6.07) is 15.1. The minimum atomic E-state index is -3.73. The van der Waals surface area contributed by atoms with E-state index in [4.69, 9.17) is 0 Å². The van der Waals surface area contributed by atoms with E-state index in [1.54, 1.807) is 36.4 Å². The molecule has 1 amide bonds. The van der Waals surface area contributed by atoms with Crippen molar-refractivity contribution in [2.45, 2.75) is 36.6 Å². The molecule has 2 aliphatic carbocycles. The Labute approximate surface area is 153 Å². The maximum absolute atomic E-state index is 12.6. The van der Waals surface area contributed by atoms with Crippen LogP contribution in [0.3, 0.4) is 0 Å². The van der Waals surface area contributed by atoms with Gasteiger partial charge in [0, 0.05) is 17.3 Å². The zero-order valence-corrected chi connectivity index (χ0v) is 15.2. The summed E-state index contributed by atoms with van der Waals surface area (Å²) in [6.45, 7) is 0. The molecular weight excluding hydrogens is 348 g/mol. The SMILES string of the molecule is O=C(N[C@H]1C[C@H]2CC[C@@H]1C2)c1cccc(S(=O)(=O)Nc2ccccc2)c1. The van der Waals surface area contributed by atoms with Gasteiger partial charge in [-0.25, -0.2) is 8.42 Å². The van der Waals surface area contributed by atoms with E-state index < -0.39 is 10.0 Å². The van der Waals surface area contributed by atoms with Gasteiger partial charge in [-0.2, -0.15) is 0 Å². The van der Waals surface area contributed by atoms with Crippen LogP contribution in [0.4, 0.5) is 5.69 Å². The first kappa shape index (κ1) is 17.1. The second-order valence-electron chi connectivity index (χ2n) is 7.25. The number of fused-ring (bicyclic) bond motifs is 2. The van der Waals surface area contributed by atoms with Crippen molar-refractivity contribution < 1.29 is 13.2 Å². The van der Waals surface area contributed by atoms with Gasteiger partial charge in [-0.1, -0.05) is 30.7 Å². The topological polar surface area (TPSA) is 75.3 Å². The Hall–Kier alpha value is -2.34. The first-order valence-corrected chi connectivity index (χ1v) is 10.5. The zero-order chi connectivity index (χ0) is 18.1. The highest BCUT2D eigenvalue weighted by Gasteiger charge is 2.40. The third-order valence-corrected chi connectivity index (χ3v) is 6.87. The highest BCUT2D eigenvalue weighted by Crippen LogP contribution is 2.44. The third kappa shape index (κ3) is 3.46. The van der Waals surface area contributed by atoms with E-state index in [2.05, 4.69) is 10.0 Å². The molecule has 136 valence electrons. The average molecular weight is 370 g/mol. The van der Waals surface area contributed by atoms with Crippen molar-refractivity contribution in [3.8, 4) is 0 Å². The van der Waals surface area contributed by atoms with Gasteiger partial charge in [-0.3, -0.25) is 9.52 Å². The number of sulfonamides is 1. The van der Waals surface area contributed by atoms with Gasteiger partial charge in [0.25, 0.3) is 15.9 Å². The van der Waals surface area contributed by atoms with Gasteiger partial charge in [0.15, 0.2) is 0 Å². The van der Waals surface area contributed by atoms with E-state index in [0.29, 0.717) is 17.2 Å². The average Bonchev–Trinajstić information content (AvgIpc) is 3.25. The lowest BCUT2D eigenvalue weighted by atomic mass is 9.95. The number of carbonyl (C=O) groups excluding carboxylic acids is 1. The number of hydrogen-bond acceptors (Lipinski definition) is 3. The number of amides is 1. The first-order valence-electron chi connectivity index (χ1n) is 9.00. The molecule has 2 aromatic rings.